The van der Waals surface area contributed by atoms with Crippen molar-refractivity contribution >= 4 is 23.1 Å². The maximum atomic E-state index is 12.4. The van der Waals surface area contributed by atoms with E-state index < -0.39 is 5.41 Å². The van der Waals surface area contributed by atoms with Crippen LogP contribution in [0.15, 0.2) is 0 Å². The van der Waals surface area contributed by atoms with Gasteiger partial charge in [-0.25, -0.2) is 0 Å². The van der Waals surface area contributed by atoms with Gasteiger partial charge in [0.15, 0.2) is 0 Å². The van der Waals surface area contributed by atoms with Gasteiger partial charge in [-0.05, 0) is 32.1 Å². The highest BCUT2D eigenvalue weighted by Gasteiger charge is 2.40. The van der Waals surface area contributed by atoms with Crippen molar-refractivity contribution < 1.29 is 4.79 Å². The van der Waals surface area contributed by atoms with Crippen LogP contribution in [-0.4, -0.2) is 28.9 Å². The number of hydrogen-bond donors (Lipinski definition) is 1. The molecule has 0 saturated carbocycles. The first-order chi connectivity index (χ1) is 7.95. The van der Waals surface area contributed by atoms with E-state index in [9.17, 15) is 4.79 Å². The van der Waals surface area contributed by atoms with Gasteiger partial charge in [0.05, 0.1) is 10.4 Å². The summed E-state index contributed by atoms with van der Waals surface area (Å²) in [4.78, 5) is 14.7. The Bertz CT molecular complexity index is 306. The van der Waals surface area contributed by atoms with Gasteiger partial charge in [0.25, 0.3) is 0 Å². The molecule has 1 amide bonds. The molecule has 0 aromatic carbocycles. The van der Waals surface area contributed by atoms with Gasteiger partial charge in [0, 0.05) is 13.1 Å². The molecule has 0 bridgehead atoms. The molecule has 0 aromatic rings. The molecule has 0 radical (unpaired) electrons. The number of rotatable bonds is 5. The van der Waals surface area contributed by atoms with Gasteiger partial charge in [-0.15, -0.1) is 0 Å². The highest BCUT2D eigenvalue weighted by atomic mass is 32.1. The molecule has 1 rings (SSSR count). The van der Waals surface area contributed by atoms with Crippen LogP contribution >= 0.6 is 12.2 Å². The largest absolute Gasteiger partial charge is 0.392 e. The van der Waals surface area contributed by atoms with Crippen LogP contribution in [0.3, 0.4) is 0 Å². The lowest BCUT2D eigenvalue weighted by Crippen LogP contribution is -2.47. The first-order valence-electron chi connectivity index (χ1n) is 6.55. The zero-order valence-corrected chi connectivity index (χ0v) is 12.0. The highest BCUT2D eigenvalue weighted by molar-refractivity contribution is 7.80. The molecular weight excluding hydrogens is 232 g/mol. The van der Waals surface area contributed by atoms with Gasteiger partial charge in [-0.3, -0.25) is 4.79 Å². The van der Waals surface area contributed by atoms with Crippen molar-refractivity contribution in [2.24, 2.45) is 17.1 Å². The van der Waals surface area contributed by atoms with Crippen molar-refractivity contribution in [2.75, 3.05) is 13.1 Å². The summed E-state index contributed by atoms with van der Waals surface area (Å²) in [5.74, 6) is 0.780. The average Bonchev–Trinajstić information content (AvgIpc) is 2.75. The Balaban J connectivity index is 2.68. The van der Waals surface area contributed by atoms with E-state index in [1.807, 2.05) is 18.7 Å². The number of carbonyl (C=O) groups is 1. The second-order valence-electron chi connectivity index (χ2n) is 5.24. The number of nitrogens with zero attached hydrogens (tertiary/aromatic N) is 1. The van der Waals surface area contributed by atoms with Crippen LogP contribution in [0.1, 0.15) is 46.5 Å². The number of nitrogens with two attached hydrogens (primary N) is 1. The number of carbonyl (C=O) groups excluding carboxylic acids is 1. The smallest absolute Gasteiger partial charge is 0.235 e. The summed E-state index contributed by atoms with van der Waals surface area (Å²) in [7, 11) is 0. The number of likely N-dealkylation sites (tertiary alicyclic amines) is 1. The lowest BCUT2D eigenvalue weighted by Gasteiger charge is -2.30. The molecule has 4 heteroatoms. The highest BCUT2D eigenvalue weighted by Crippen LogP contribution is 2.29. The van der Waals surface area contributed by atoms with E-state index in [-0.39, 0.29) is 5.91 Å². The molecule has 1 aliphatic rings. The van der Waals surface area contributed by atoms with Crippen molar-refractivity contribution in [2.45, 2.75) is 46.5 Å². The quantitative estimate of drug-likeness (QED) is 0.768. The SMILES string of the molecule is CCCC1CCN(C(=O)C(C)(CC)C(N)=S)C1. The zero-order chi connectivity index (χ0) is 13.1. The summed E-state index contributed by atoms with van der Waals surface area (Å²) in [5, 5.41) is 0. The van der Waals surface area contributed by atoms with Crippen molar-refractivity contribution in [1.29, 1.82) is 0 Å². The number of thiocarbonyl (C=S) groups is 1. The van der Waals surface area contributed by atoms with Crippen molar-refractivity contribution in [3.8, 4) is 0 Å². The molecule has 0 spiro atoms. The second-order valence-corrected chi connectivity index (χ2v) is 5.68. The van der Waals surface area contributed by atoms with Crippen LogP contribution < -0.4 is 5.73 Å². The van der Waals surface area contributed by atoms with Gasteiger partial charge >= 0.3 is 0 Å². The third kappa shape index (κ3) is 2.97. The first-order valence-corrected chi connectivity index (χ1v) is 6.95. The Morgan fingerprint density at radius 3 is 2.65 bits per heavy atom. The summed E-state index contributed by atoms with van der Waals surface area (Å²) in [6, 6.07) is 0. The van der Waals surface area contributed by atoms with Crippen LogP contribution in [0.4, 0.5) is 0 Å². The summed E-state index contributed by atoms with van der Waals surface area (Å²) >= 11 is 5.05. The van der Waals surface area contributed by atoms with E-state index in [1.165, 1.54) is 12.8 Å². The molecule has 1 fully saturated rings. The molecule has 0 aliphatic carbocycles. The van der Waals surface area contributed by atoms with E-state index in [1.54, 1.807) is 0 Å². The summed E-state index contributed by atoms with van der Waals surface area (Å²) in [6.07, 6.45) is 4.19. The lowest BCUT2D eigenvalue weighted by molar-refractivity contribution is -0.136. The van der Waals surface area contributed by atoms with Gasteiger partial charge in [0.1, 0.15) is 0 Å². The minimum absolute atomic E-state index is 0.117. The van der Waals surface area contributed by atoms with Crippen LogP contribution in [0.25, 0.3) is 0 Å². The molecule has 3 nitrogen and oxygen atoms in total. The second kappa shape index (κ2) is 5.80. The maximum Gasteiger partial charge on any atom is 0.235 e. The van der Waals surface area contributed by atoms with Crippen molar-refractivity contribution in [1.82, 2.24) is 4.90 Å². The third-order valence-corrected chi connectivity index (χ3v) is 4.44. The minimum Gasteiger partial charge on any atom is -0.392 e. The van der Waals surface area contributed by atoms with Crippen LogP contribution in [0.5, 0.6) is 0 Å². The van der Waals surface area contributed by atoms with Crippen molar-refractivity contribution in [3.05, 3.63) is 0 Å². The summed E-state index contributed by atoms with van der Waals surface area (Å²) < 4.78 is 0. The first kappa shape index (κ1) is 14.4. The van der Waals surface area contributed by atoms with E-state index in [2.05, 4.69) is 6.92 Å². The summed E-state index contributed by atoms with van der Waals surface area (Å²) in [6.45, 7) is 7.77. The Morgan fingerprint density at radius 1 is 1.53 bits per heavy atom. The average molecular weight is 256 g/mol. The van der Waals surface area contributed by atoms with Crippen LogP contribution in [-0.2, 0) is 4.79 Å². The number of hydrogen-bond acceptors (Lipinski definition) is 2. The van der Waals surface area contributed by atoms with Crippen LogP contribution in [0.2, 0.25) is 0 Å². The Hall–Kier alpha value is -0.640. The predicted molar refractivity (Wildman–Crippen MR) is 74.8 cm³/mol. The molecule has 1 saturated heterocycles. The molecular formula is C13H24N2OS. The monoisotopic (exact) mass is 256 g/mol. The van der Waals surface area contributed by atoms with E-state index in [0.29, 0.717) is 17.3 Å². The topological polar surface area (TPSA) is 46.3 Å². The molecule has 1 heterocycles. The van der Waals surface area contributed by atoms with Gasteiger partial charge in [0.2, 0.25) is 5.91 Å². The summed E-state index contributed by atoms with van der Waals surface area (Å²) in [5.41, 5.74) is 5.07. The fraction of sp³-hybridized carbons (Fsp3) is 0.846. The van der Waals surface area contributed by atoms with Crippen molar-refractivity contribution in [3.63, 3.8) is 0 Å². The Kier molecular flexibility index (Phi) is 4.92. The molecule has 98 valence electrons. The van der Waals surface area contributed by atoms with Crippen LogP contribution in [0, 0.1) is 11.3 Å². The molecule has 0 aromatic heterocycles. The van der Waals surface area contributed by atoms with E-state index in [0.717, 1.165) is 19.5 Å². The Labute approximate surface area is 110 Å². The molecule has 2 unspecified atom stereocenters. The molecule has 1 aliphatic heterocycles. The standard InChI is InChI=1S/C13H24N2OS/c1-4-6-10-7-8-15(9-10)12(16)13(3,5-2)11(14)17/h10H,4-9H2,1-3H3,(H2,14,17). The Morgan fingerprint density at radius 2 is 2.18 bits per heavy atom. The fourth-order valence-corrected chi connectivity index (χ4v) is 2.67. The maximum absolute atomic E-state index is 12.4. The van der Waals surface area contributed by atoms with E-state index >= 15 is 0 Å². The van der Waals surface area contributed by atoms with Gasteiger partial charge in [-0.2, -0.15) is 0 Å². The van der Waals surface area contributed by atoms with Gasteiger partial charge < -0.3 is 10.6 Å². The normalized spacial score (nSPS) is 23.5. The molecule has 2 N–H and O–H groups in total. The lowest BCUT2D eigenvalue weighted by atomic mass is 9.86. The fourth-order valence-electron chi connectivity index (χ4n) is 2.44. The molecule has 2 atom stereocenters. The van der Waals surface area contributed by atoms with E-state index in [4.69, 9.17) is 18.0 Å². The number of amides is 1. The minimum atomic E-state index is -0.656. The predicted octanol–water partition coefficient (Wildman–Crippen LogP) is 2.34. The van der Waals surface area contributed by atoms with Gasteiger partial charge in [-0.1, -0.05) is 32.5 Å². The molecule has 17 heavy (non-hydrogen) atoms. The third-order valence-electron chi connectivity index (χ3n) is 3.99. The zero-order valence-electron chi connectivity index (χ0n) is 11.2.